The van der Waals surface area contributed by atoms with E-state index >= 15 is 0 Å². The van der Waals surface area contributed by atoms with E-state index in [1.807, 2.05) is 58.5 Å². The van der Waals surface area contributed by atoms with Crippen LogP contribution in [0.25, 0.3) is 55.7 Å². The van der Waals surface area contributed by atoms with E-state index < -0.39 is 10.0 Å². The van der Waals surface area contributed by atoms with Gasteiger partial charge in [0.25, 0.3) is 0 Å². The molecule has 0 bridgehead atoms. The van der Waals surface area contributed by atoms with E-state index in [1.165, 1.54) is 23.2 Å². The van der Waals surface area contributed by atoms with Crippen LogP contribution >= 0.6 is 0 Å². The van der Waals surface area contributed by atoms with Gasteiger partial charge < -0.3 is 0 Å². The van der Waals surface area contributed by atoms with Crippen molar-refractivity contribution in [2.45, 2.75) is 31.6 Å². The Morgan fingerprint density at radius 3 is 1.83 bits per heavy atom. The summed E-state index contributed by atoms with van der Waals surface area (Å²) >= 11 is 0. The number of aryl methyl sites for hydroxylation is 4. The summed E-state index contributed by atoms with van der Waals surface area (Å²) in [5.74, 6) is 0. The predicted octanol–water partition coefficient (Wildman–Crippen LogP) is 6.50. The predicted molar refractivity (Wildman–Crippen MR) is 201 cm³/mol. The Balaban J connectivity index is 0.000000162. The van der Waals surface area contributed by atoms with Crippen molar-refractivity contribution in [3.63, 3.8) is 0 Å². The molecule has 8 aromatic rings. The second kappa shape index (κ2) is 13.7. The molecule has 2 N–H and O–H groups in total. The summed E-state index contributed by atoms with van der Waals surface area (Å²) in [5, 5.41) is 34.5. The number of hydrogen-bond acceptors (Lipinski definition) is 7. The van der Waals surface area contributed by atoms with Gasteiger partial charge in [0.2, 0.25) is 10.0 Å². The number of primary sulfonamides is 1. The van der Waals surface area contributed by atoms with Gasteiger partial charge in [0.1, 0.15) is 0 Å². The van der Waals surface area contributed by atoms with Gasteiger partial charge in [0, 0.05) is 41.7 Å². The molecule has 13 heteroatoms. The van der Waals surface area contributed by atoms with Gasteiger partial charge in [-0.2, -0.15) is 25.7 Å². The zero-order valence-electron chi connectivity index (χ0n) is 29.1. The van der Waals surface area contributed by atoms with Crippen LogP contribution in [0.5, 0.6) is 0 Å². The van der Waals surface area contributed by atoms with Crippen LogP contribution in [-0.2, 0) is 37.0 Å². The van der Waals surface area contributed by atoms with Crippen LogP contribution in [0, 0.1) is 11.3 Å². The van der Waals surface area contributed by atoms with Gasteiger partial charge in [-0.15, -0.1) is 0 Å². The molecule has 0 fully saturated rings. The molecule has 0 spiro atoms. The molecule has 0 amide bonds. The van der Waals surface area contributed by atoms with E-state index in [1.54, 1.807) is 41.3 Å². The maximum absolute atomic E-state index is 11.4. The standard InChI is InChI=1S/C20H17N5.C19H19N5O2S/c1-3-18-17-9-6-15(12-20(17)24(2)23-18)19-10-11-22-25(19)16-7-4-14(13-21)5-8-16;1-3-18-16-9-4-13(12-17(16)22-23(18)2)19-10-11-21-24(19)14-5-7-15(8-6-14)27(20,25)26/h4-12H,3H2,1-2H3;4-12H,3H2,1-2H3,(H2,20,25,26). The minimum atomic E-state index is -3.72. The highest BCUT2D eigenvalue weighted by Gasteiger charge is 2.15. The molecule has 4 heterocycles. The maximum atomic E-state index is 11.4. The lowest BCUT2D eigenvalue weighted by atomic mass is 10.1. The lowest BCUT2D eigenvalue weighted by Crippen LogP contribution is -2.12. The van der Waals surface area contributed by atoms with Gasteiger partial charge in [0.15, 0.2) is 0 Å². The first-order chi connectivity index (χ1) is 25.1. The zero-order chi connectivity index (χ0) is 36.6. The second-order valence-electron chi connectivity index (χ2n) is 12.3. The lowest BCUT2D eigenvalue weighted by Gasteiger charge is -2.08. The summed E-state index contributed by atoms with van der Waals surface area (Å²) in [4.78, 5) is 0.0713. The number of sulfonamides is 1. The Morgan fingerprint density at radius 2 is 1.27 bits per heavy atom. The first kappa shape index (κ1) is 34.1. The van der Waals surface area contributed by atoms with Gasteiger partial charge >= 0.3 is 0 Å². The van der Waals surface area contributed by atoms with Crippen LogP contribution in [0.4, 0.5) is 0 Å². The summed E-state index contributed by atoms with van der Waals surface area (Å²) in [6.07, 6.45) is 5.34. The molecule has 4 aromatic carbocycles. The quantitative estimate of drug-likeness (QED) is 0.198. The van der Waals surface area contributed by atoms with Crippen molar-refractivity contribution >= 4 is 31.8 Å². The zero-order valence-corrected chi connectivity index (χ0v) is 30.0. The number of rotatable bonds is 7. The molecular formula is C39H36N10O2S. The van der Waals surface area contributed by atoms with Crippen LogP contribution in [0.15, 0.2) is 114 Å². The molecule has 0 saturated heterocycles. The number of benzene rings is 4. The topological polar surface area (TPSA) is 155 Å². The van der Waals surface area contributed by atoms with Crippen molar-refractivity contribution in [1.29, 1.82) is 5.26 Å². The Kier molecular flexibility index (Phi) is 9.02. The first-order valence-electron chi connectivity index (χ1n) is 16.7. The Labute approximate surface area is 301 Å². The highest BCUT2D eigenvalue weighted by Crippen LogP contribution is 2.29. The second-order valence-corrected chi connectivity index (χ2v) is 13.8. The molecule has 4 aromatic heterocycles. The molecule has 0 aliphatic heterocycles. The van der Waals surface area contributed by atoms with Crippen molar-refractivity contribution in [2.24, 2.45) is 19.2 Å². The van der Waals surface area contributed by atoms with E-state index in [0.29, 0.717) is 5.56 Å². The minimum Gasteiger partial charge on any atom is -0.271 e. The van der Waals surface area contributed by atoms with Crippen molar-refractivity contribution in [3.8, 4) is 40.0 Å². The van der Waals surface area contributed by atoms with Gasteiger partial charge in [-0.3, -0.25) is 9.36 Å². The fourth-order valence-corrected chi connectivity index (χ4v) is 7.01. The smallest absolute Gasteiger partial charge is 0.238 e. The molecule has 260 valence electrons. The number of nitrogens with two attached hydrogens (primary N) is 1. The molecule has 8 rings (SSSR count). The Hall–Kier alpha value is -6.36. The third kappa shape index (κ3) is 6.37. The summed E-state index contributed by atoms with van der Waals surface area (Å²) in [6.45, 7) is 4.24. The molecule has 52 heavy (non-hydrogen) atoms. The van der Waals surface area contributed by atoms with Crippen LogP contribution in [0.1, 0.15) is 30.8 Å². The van der Waals surface area contributed by atoms with Crippen LogP contribution in [0.3, 0.4) is 0 Å². The first-order valence-corrected chi connectivity index (χ1v) is 18.3. The maximum Gasteiger partial charge on any atom is 0.238 e. The van der Waals surface area contributed by atoms with E-state index in [4.69, 9.17) is 10.4 Å². The Bertz CT molecular complexity index is 2710. The third-order valence-electron chi connectivity index (χ3n) is 9.08. The van der Waals surface area contributed by atoms with Crippen molar-refractivity contribution in [1.82, 2.24) is 39.1 Å². The molecule has 0 unspecified atom stereocenters. The largest absolute Gasteiger partial charge is 0.271 e. The van der Waals surface area contributed by atoms with Gasteiger partial charge in [0.05, 0.1) is 68.4 Å². The van der Waals surface area contributed by atoms with E-state index in [9.17, 15) is 8.42 Å². The van der Waals surface area contributed by atoms with E-state index in [-0.39, 0.29) is 4.90 Å². The van der Waals surface area contributed by atoms with E-state index in [2.05, 4.69) is 70.6 Å². The summed E-state index contributed by atoms with van der Waals surface area (Å²) in [6, 6.07) is 32.4. The summed E-state index contributed by atoms with van der Waals surface area (Å²) < 4.78 is 30.4. The normalized spacial score (nSPS) is 11.5. The van der Waals surface area contributed by atoms with Gasteiger partial charge in [-0.05, 0) is 85.6 Å². The van der Waals surface area contributed by atoms with Crippen LogP contribution in [0.2, 0.25) is 0 Å². The molecule has 0 aliphatic carbocycles. The fourth-order valence-electron chi connectivity index (χ4n) is 6.50. The lowest BCUT2D eigenvalue weighted by molar-refractivity contribution is 0.598. The number of nitrogens with zero attached hydrogens (tertiary/aromatic N) is 9. The van der Waals surface area contributed by atoms with Crippen LogP contribution < -0.4 is 5.14 Å². The number of aromatic nitrogens is 8. The SMILES string of the molecule is CCc1c2ccc(-c3ccnn3-c3ccc(S(N)(=O)=O)cc3)cc2nn1C.CCc1nn(C)c2cc(-c3ccnn3-c3ccc(C#N)cc3)ccc12. The van der Waals surface area contributed by atoms with Gasteiger partial charge in [-0.1, -0.05) is 38.1 Å². The molecule has 0 aliphatic rings. The number of nitriles is 1. The fraction of sp³-hybridized carbons (Fsp3) is 0.154. The monoisotopic (exact) mass is 708 g/mol. The average Bonchev–Trinajstić information content (AvgIpc) is 3.96. The summed E-state index contributed by atoms with van der Waals surface area (Å²) in [7, 11) is 0.210. The summed E-state index contributed by atoms with van der Waals surface area (Å²) in [5.41, 5.74) is 10.6. The molecule has 0 radical (unpaired) electrons. The molecule has 0 saturated carbocycles. The van der Waals surface area contributed by atoms with E-state index in [0.717, 1.165) is 68.8 Å². The highest BCUT2D eigenvalue weighted by molar-refractivity contribution is 7.89. The molecule has 12 nitrogen and oxygen atoms in total. The number of hydrogen-bond donors (Lipinski definition) is 1. The molecular weight excluding hydrogens is 673 g/mol. The van der Waals surface area contributed by atoms with Crippen molar-refractivity contribution in [3.05, 3.63) is 126 Å². The minimum absolute atomic E-state index is 0.0713. The van der Waals surface area contributed by atoms with Crippen molar-refractivity contribution < 1.29 is 8.42 Å². The number of fused-ring (bicyclic) bond motifs is 2. The molecule has 0 atom stereocenters. The Morgan fingerprint density at radius 1 is 0.692 bits per heavy atom. The van der Waals surface area contributed by atoms with Crippen LogP contribution in [-0.4, -0.2) is 47.5 Å². The third-order valence-corrected chi connectivity index (χ3v) is 10.0. The average molecular weight is 709 g/mol. The van der Waals surface area contributed by atoms with Crippen molar-refractivity contribution in [2.75, 3.05) is 0 Å². The highest BCUT2D eigenvalue weighted by atomic mass is 32.2. The van der Waals surface area contributed by atoms with Gasteiger partial charge in [-0.25, -0.2) is 22.9 Å².